The Hall–Kier alpha value is -2.80. The van der Waals surface area contributed by atoms with E-state index in [0.29, 0.717) is 28.7 Å². The van der Waals surface area contributed by atoms with E-state index in [1.165, 1.54) is 24.5 Å². The van der Waals surface area contributed by atoms with Gasteiger partial charge in [0.25, 0.3) is 0 Å². The fourth-order valence-electron chi connectivity index (χ4n) is 3.25. The molecule has 0 saturated heterocycles. The van der Waals surface area contributed by atoms with E-state index in [9.17, 15) is 9.59 Å². The van der Waals surface area contributed by atoms with E-state index in [0.717, 1.165) is 41.7 Å². The van der Waals surface area contributed by atoms with Gasteiger partial charge < -0.3 is 19.5 Å². The molecular formula is C22H25NO5S. The Morgan fingerprint density at radius 3 is 2.76 bits per heavy atom. The Morgan fingerprint density at radius 2 is 2.03 bits per heavy atom. The summed E-state index contributed by atoms with van der Waals surface area (Å²) in [4.78, 5) is 25.8. The van der Waals surface area contributed by atoms with Gasteiger partial charge in [0.15, 0.2) is 11.5 Å². The van der Waals surface area contributed by atoms with Gasteiger partial charge in [0.1, 0.15) is 5.00 Å². The highest BCUT2D eigenvalue weighted by molar-refractivity contribution is 7.17. The third-order valence-corrected chi connectivity index (χ3v) is 5.83. The fraction of sp³-hybridized carbons (Fsp3) is 0.364. The smallest absolute Gasteiger partial charge is 0.341 e. The lowest BCUT2D eigenvalue weighted by atomic mass is 10.1. The van der Waals surface area contributed by atoms with Crippen molar-refractivity contribution < 1.29 is 23.8 Å². The largest absolute Gasteiger partial charge is 0.493 e. The molecule has 3 rings (SSSR count). The summed E-state index contributed by atoms with van der Waals surface area (Å²) < 4.78 is 15.9. The highest BCUT2D eigenvalue weighted by atomic mass is 32.1. The van der Waals surface area contributed by atoms with Crippen LogP contribution in [0.4, 0.5) is 5.00 Å². The van der Waals surface area contributed by atoms with Crippen LogP contribution in [0.15, 0.2) is 24.3 Å². The second-order valence-electron chi connectivity index (χ2n) is 6.63. The van der Waals surface area contributed by atoms with E-state index in [1.54, 1.807) is 13.2 Å². The molecule has 1 N–H and O–H groups in total. The van der Waals surface area contributed by atoms with Crippen molar-refractivity contribution in [1.82, 2.24) is 0 Å². The second-order valence-corrected chi connectivity index (χ2v) is 7.74. The van der Waals surface area contributed by atoms with E-state index < -0.39 is 5.97 Å². The van der Waals surface area contributed by atoms with Crippen LogP contribution in [-0.4, -0.2) is 32.7 Å². The average molecular weight is 416 g/mol. The summed E-state index contributed by atoms with van der Waals surface area (Å²) in [6.45, 7) is 2.65. The lowest BCUT2D eigenvalue weighted by Crippen LogP contribution is -2.12. The molecule has 1 aromatic carbocycles. The summed E-state index contributed by atoms with van der Waals surface area (Å²) in [5, 5.41) is 3.38. The number of carbonyl (C=O) groups excluding carboxylic acids is 2. The number of benzene rings is 1. The fourth-order valence-corrected chi connectivity index (χ4v) is 4.54. The van der Waals surface area contributed by atoms with E-state index in [4.69, 9.17) is 14.2 Å². The maximum Gasteiger partial charge on any atom is 0.341 e. The zero-order valence-corrected chi connectivity index (χ0v) is 17.7. The highest BCUT2D eigenvalue weighted by Gasteiger charge is 2.27. The number of esters is 1. The molecule has 0 bridgehead atoms. The number of anilines is 1. The quantitative estimate of drug-likeness (QED) is 0.509. The molecule has 7 heteroatoms. The molecule has 0 unspecified atom stereocenters. The van der Waals surface area contributed by atoms with Crippen molar-refractivity contribution in [2.24, 2.45) is 0 Å². The molecule has 154 valence electrons. The van der Waals surface area contributed by atoms with Gasteiger partial charge in [-0.15, -0.1) is 11.3 Å². The number of hydrogen-bond donors (Lipinski definition) is 1. The van der Waals surface area contributed by atoms with Crippen molar-refractivity contribution in [3.8, 4) is 11.5 Å². The summed E-state index contributed by atoms with van der Waals surface area (Å²) >= 11 is 1.45. The summed E-state index contributed by atoms with van der Waals surface area (Å²) in [6.07, 6.45) is 6.84. The van der Waals surface area contributed by atoms with E-state index >= 15 is 0 Å². The minimum absolute atomic E-state index is 0.305. The molecule has 0 saturated carbocycles. The summed E-state index contributed by atoms with van der Waals surface area (Å²) in [7, 11) is 2.94. The van der Waals surface area contributed by atoms with Crippen LogP contribution >= 0.6 is 11.3 Å². The van der Waals surface area contributed by atoms with Crippen LogP contribution in [0.5, 0.6) is 11.5 Å². The molecule has 6 nitrogen and oxygen atoms in total. The minimum atomic E-state index is -0.406. The third-order valence-electron chi connectivity index (χ3n) is 4.62. The Kier molecular flexibility index (Phi) is 6.93. The number of thiophene rings is 1. The van der Waals surface area contributed by atoms with Crippen molar-refractivity contribution in [2.45, 2.75) is 32.6 Å². The number of aryl methyl sites for hydroxylation is 1. The van der Waals surface area contributed by atoms with Gasteiger partial charge in [-0.3, -0.25) is 4.79 Å². The first kappa shape index (κ1) is 20.9. The number of carbonyl (C=O) groups is 2. The monoisotopic (exact) mass is 415 g/mol. The molecule has 1 heterocycles. The predicted molar refractivity (Wildman–Crippen MR) is 114 cm³/mol. The van der Waals surface area contributed by atoms with Crippen LogP contribution in [-0.2, 0) is 22.4 Å². The Balaban J connectivity index is 1.73. The van der Waals surface area contributed by atoms with Gasteiger partial charge in [-0.2, -0.15) is 0 Å². The maximum atomic E-state index is 12.4. The van der Waals surface area contributed by atoms with Crippen molar-refractivity contribution in [3.05, 3.63) is 45.8 Å². The average Bonchev–Trinajstić information content (AvgIpc) is 3.31. The Morgan fingerprint density at radius 1 is 1.21 bits per heavy atom. The first-order chi connectivity index (χ1) is 14.1. The topological polar surface area (TPSA) is 73.9 Å². The molecule has 1 amide bonds. The second kappa shape index (κ2) is 9.60. The molecule has 0 aliphatic heterocycles. The zero-order valence-electron chi connectivity index (χ0n) is 16.9. The minimum Gasteiger partial charge on any atom is -0.493 e. The number of rotatable bonds is 8. The normalized spacial score (nSPS) is 12.7. The molecule has 1 aromatic heterocycles. The van der Waals surface area contributed by atoms with Crippen LogP contribution < -0.4 is 14.8 Å². The van der Waals surface area contributed by atoms with E-state index in [2.05, 4.69) is 5.32 Å². The van der Waals surface area contributed by atoms with Gasteiger partial charge in [-0.1, -0.05) is 13.0 Å². The summed E-state index contributed by atoms with van der Waals surface area (Å²) in [5.41, 5.74) is 2.31. The zero-order chi connectivity index (χ0) is 20.8. The molecule has 0 radical (unpaired) electrons. The number of fused-ring (bicyclic) bond motifs is 1. The van der Waals surface area contributed by atoms with Crippen molar-refractivity contribution >= 4 is 34.3 Å². The van der Waals surface area contributed by atoms with Gasteiger partial charge in [-0.05, 0) is 55.0 Å². The Bertz CT molecular complexity index is 932. The van der Waals surface area contributed by atoms with Crippen molar-refractivity contribution in [3.63, 3.8) is 0 Å². The summed E-state index contributed by atoms with van der Waals surface area (Å²) in [5.74, 6) is 0.576. The first-order valence-corrected chi connectivity index (χ1v) is 10.4. The van der Waals surface area contributed by atoms with Gasteiger partial charge >= 0.3 is 5.97 Å². The lowest BCUT2D eigenvalue weighted by Gasteiger charge is -2.10. The molecule has 0 fully saturated rings. The van der Waals surface area contributed by atoms with Crippen LogP contribution in [0.3, 0.4) is 0 Å². The van der Waals surface area contributed by atoms with Crippen LogP contribution in [0.1, 0.15) is 46.1 Å². The molecule has 1 aliphatic carbocycles. The van der Waals surface area contributed by atoms with E-state index in [1.807, 2.05) is 25.1 Å². The van der Waals surface area contributed by atoms with Crippen LogP contribution in [0, 0.1) is 0 Å². The standard InChI is InChI=1S/C22H25NO5S/c1-4-12-28-16-10-8-14(13-17(16)26-2)9-11-19(24)23-21-20(22(25)27-3)15-6-5-7-18(15)29-21/h8-11,13H,4-7,12H2,1-3H3,(H,23,24)/b11-9+. The molecule has 2 aromatic rings. The number of nitrogens with one attached hydrogen (secondary N) is 1. The lowest BCUT2D eigenvalue weighted by molar-refractivity contribution is -0.111. The maximum absolute atomic E-state index is 12.4. The van der Waals surface area contributed by atoms with Gasteiger partial charge in [0.2, 0.25) is 5.91 Å². The molecule has 29 heavy (non-hydrogen) atoms. The first-order valence-electron chi connectivity index (χ1n) is 9.60. The number of amides is 1. The molecular weight excluding hydrogens is 390 g/mol. The third kappa shape index (κ3) is 4.79. The van der Waals surface area contributed by atoms with Crippen molar-refractivity contribution in [1.29, 1.82) is 0 Å². The summed E-state index contributed by atoms with van der Waals surface area (Å²) in [6, 6.07) is 5.50. The Labute approximate surface area is 174 Å². The van der Waals surface area contributed by atoms with E-state index in [-0.39, 0.29) is 5.91 Å². The number of hydrogen-bond acceptors (Lipinski definition) is 6. The SMILES string of the molecule is CCCOc1ccc(/C=C/C(=O)Nc2sc3c(c2C(=O)OC)CCC3)cc1OC. The highest BCUT2D eigenvalue weighted by Crippen LogP contribution is 2.39. The van der Waals surface area contributed by atoms with Crippen LogP contribution in [0.2, 0.25) is 0 Å². The van der Waals surface area contributed by atoms with Crippen molar-refractivity contribution in [2.75, 3.05) is 26.1 Å². The van der Waals surface area contributed by atoms with Crippen LogP contribution in [0.25, 0.3) is 6.08 Å². The molecule has 0 spiro atoms. The van der Waals surface area contributed by atoms with Gasteiger partial charge in [0.05, 0.1) is 26.4 Å². The van der Waals surface area contributed by atoms with Gasteiger partial charge in [-0.25, -0.2) is 4.79 Å². The predicted octanol–water partition coefficient (Wildman–Crippen LogP) is 4.47. The number of methoxy groups -OCH3 is 2. The number of ether oxygens (including phenoxy) is 3. The molecule has 0 atom stereocenters. The molecule has 1 aliphatic rings. The van der Waals surface area contributed by atoms with Gasteiger partial charge in [0, 0.05) is 11.0 Å².